The van der Waals surface area contributed by atoms with Crippen LogP contribution >= 0.6 is 0 Å². The fourth-order valence-electron chi connectivity index (χ4n) is 8.81. The Balaban J connectivity index is 0. The van der Waals surface area contributed by atoms with Crippen LogP contribution in [0.5, 0.6) is 0 Å². The molecule has 3 N–H and O–H groups in total. The largest absolute Gasteiger partial charge is 0.463 e. The molecule has 0 saturated carbocycles. The number of benzene rings is 2. The Labute approximate surface area is 509 Å². The van der Waals surface area contributed by atoms with Gasteiger partial charge in [0.05, 0.1) is 12.5 Å². The summed E-state index contributed by atoms with van der Waals surface area (Å²) in [5, 5.41) is 8.61. The summed E-state index contributed by atoms with van der Waals surface area (Å²) in [6, 6.07) is 16.3. The van der Waals surface area contributed by atoms with E-state index in [-0.39, 0.29) is 75.5 Å². The minimum absolute atomic E-state index is 0.000283. The average molecular weight is 1160 g/mol. The highest BCUT2D eigenvalue weighted by atomic mass is 16.5. The Morgan fingerprint density at radius 3 is 1.13 bits per heavy atom. The Morgan fingerprint density at radius 2 is 0.843 bits per heavy atom. The Hall–Kier alpha value is -4.74. The average Bonchev–Trinajstić information content (AvgIpc) is 3.32. The van der Waals surface area contributed by atoms with E-state index in [4.69, 9.17) is 4.74 Å². The van der Waals surface area contributed by atoms with E-state index in [1.54, 1.807) is 0 Å². The van der Waals surface area contributed by atoms with Crippen LogP contribution in [0, 0.1) is 45.8 Å². The van der Waals surface area contributed by atoms with Gasteiger partial charge in [-0.3, -0.25) is 28.8 Å². The predicted octanol–water partition coefficient (Wildman–Crippen LogP) is 16.5. The van der Waals surface area contributed by atoms with Crippen molar-refractivity contribution < 1.29 is 33.5 Å². The summed E-state index contributed by atoms with van der Waals surface area (Å²) < 4.78 is 4.99. The van der Waals surface area contributed by atoms with Gasteiger partial charge < -0.3 is 30.5 Å². The summed E-state index contributed by atoms with van der Waals surface area (Å²) >= 11 is 0. The normalized spacial score (nSPS) is 14.3. The van der Waals surface area contributed by atoms with E-state index in [1.807, 2.05) is 138 Å². The van der Waals surface area contributed by atoms with Gasteiger partial charge in [-0.05, 0) is 175 Å². The van der Waals surface area contributed by atoms with Crippen molar-refractivity contribution in [1.29, 1.82) is 0 Å². The lowest BCUT2D eigenvalue weighted by atomic mass is 9.86. The van der Waals surface area contributed by atoms with Crippen LogP contribution in [-0.4, -0.2) is 95.2 Å². The summed E-state index contributed by atoms with van der Waals surface area (Å²) in [7, 11) is 0. The number of carbonyl (C=O) groups is 6. The monoisotopic (exact) mass is 1160 g/mol. The first kappa shape index (κ1) is 80.3. The van der Waals surface area contributed by atoms with E-state index in [0.29, 0.717) is 37.0 Å². The number of esters is 1. The van der Waals surface area contributed by atoms with Gasteiger partial charge in [-0.15, -0.1) is 0 Å². The molecule has 0 atom stereocenters. The van der Waals surface area contributed by atoms with E-state index in [0.717, 1.165) is 73.8 Å². The molecule has 0 radical (unpaired) electrons. The standard InChI is InChI=1S/C18H27NO.C14H27NO.C13H19NO.C9H19NO.C9H18O2.C8H17NO/c1-13(2)15-5-7-17(8-6-15)18(20)19-11-9-16(10-12-19)14(3)4;1-11(2)12-6-8-15(9-7-12)13(16)10-14(3,4)5;1-9(2)11-5-7-12(8-6-11)13(15)14-10(3)4;1-7(2)10-8(11)6-9(3,4)5;1-7(2)11-8(10)6-9(3,4)5;1-6(2)7(10)9-8(3,4)5/h5-8,13-14,16H,9-12H2,1-4H3;11-12H,6-10H2,1-5H3;5-10H,1-4H3,(H,14,15);7H,6H2,1-5H3,(H,10,11);7H,6H2,1-5H3;6H,1-5H3,(H,9,10). The third kappa shape index (κ3) is 41.0. The number of hydrogen-bond acceptors (Lipinski definition) is 7. The number of nitrogens with zero attached hydrogens (tertiary/aromatic N) is 2. The van der Waals surface area contributed by atoms with E-state index in [9.17, 15) is 28.8 Å². The molecule has 12 heteroatoms. The maximum Gasteiger partial charge on any atom is 0.306 e. The third-order valence-corrected chi connectivity index (χ3v) is 13.6. The fourth-order valence-corrected chi connectivity index (χ4v) is 8.81. The molecule has 4 rings (SSSR count). The molecule has 0 aromatic heterocycles. The first-order valence-electron chi connectivity index (χ1n) is 31.6. The van der Waals surface area contributed by atoms with Gasteiger partial charge in [0.15, 0.2) is 0 Å². The Kier molecular flexibility index (Phi) is 37.1. The topological polar surface area (TPSA) is 154 Å². The number of likely N-dealkylation sites (tertiary alicyclic amines) is 2. The number of amides is 5. The second-order valence-corrected chi connectivity index (χ2v) is 30.4. The molecule has 478 valence electrons. The van der Waals surface area contributed by atoms with Crippen LogP contribution in [0.2, 0.25) is 0 Å². The summed E-state index contributed by atoms with van der Waals surface area (Å²) in [6.45, 7) is 61.5. The van der Waals surface area contributed by atoms with Crippen molar-refractivity contribution >= 4 is 35.5 Å². The summed E-state index contributed by atoms with van der Waals surface area (Å²) in [6.07, 6.45) is 6.45. The molecule has 12 nitrogen and oxygen atoms in total. The highest BCUT2D eigenvalue weighted by Crippen LogP contribution is 2.28. The molecule has 2 aromatic rings. The highest BCUT2D eigenvalue weighted by Gasteiger charge is 2.28. The lowest BCUT2D eigenvalue weighted by Gasteiger charge is -2.35. The smallest absolute Gasteiger partial charge is 0.306 e. The number of nitrogens with one attached hydrogen (secondary N) is 3. The van der Waals surface area contributed by atoms with Crippen molar-refractivity contribution in [2.45, 2.75) is 274 Å². The maximum atomic E-state index is 12.5. The lowest BCUT2D eigenvalue weighted by Crippen LogP contribution is -2.42. The van der Waals surface area contributed by atoms with E-state index in [2.05, 4.69) is 130 Å². The van der Waals surface area contributed by atoms with Gasteiger partial charge in [-0.1, -0.05) is 156 Å². The van der Waals surface area contributed by atoms with Gasteiger partial charge in [0.2, 0.25) is 17.7 Å². The summed E-state index contributed by atoms with van der Waals surface area (Å²) in [5.74, 6) is 4.90. The van der Waals surface area contributed by atoms with Crippen LogP contribution < -0.4 is 16.0 Å². The molecule has 0 bridgehead atoms. The molecular weight excluding hydrogens is 1030 g/mol. The minimum Gasteiger partial charge on any atom is -0.463 e. The molecule has 2 aromatic carbocycles. The molecule has 2 heterocycles. The summed E-state index contributed by atoms with van der Waals surface area (Å²) in [4.78, 5) is 73.5. The first-order valence-corrected chi connectivity index (χ1v) is 31.6. The number of piperidine rings is 2. The van der Waals surface area contributed by atoms with Gasteiger partial charge in [0, 0.05) is 73.7 Å². The van der Waals surface area contributed by atoms with Crippen LogP contribution in [0.1, 0.15) is 282 Å². The fraction of sp³-hybridized carbons (Fsp3) is 0.746. The zero-order chi connectivity index (χ0) is 65.0. The lowest BCUT2D eigenvalue weighted by molar-refractivity contribution is -0.149. The quantitative estimate of drug-likeness (QED) is 0.169. The number of ether oxygens (including phenoxy) is 1. The SMILES string of the molecule is CC(C)C(=O)NC(C)(C)C.CC(C)C1CCN(C(=O)CC(C)(C)C)CC1.CC(C)NC(=O)CC(C)(C)C.CC(C)NC(=O)c1ccc(C(C)C)cc1.CC(C)OC(=O)CC(C)(C)C.CC(C)c1ccc(C(=O)N2CCC(C(C)C)CC2)cc1. The van der Waals surface area contributed by atoms with E-state index < -0.39 is 0 Å². The zero-order valence-electron chi connectivity index (χ0n) is 58.4. The van der Waals surface area contributed by atoms with Crippen LogP contribution in [0.4, 0.5) is 0 Å². The van der Waals surface area contributed by atoms with E-state index >= 15 is 0 Å². The first-order chi connectivity index (χ1) is 37.7. The predicted molar refractivity (Wildman–Crippen MR) is 351 cm³/mol. The van der Waals surface area contributed by atoms with Crippen molar-refractivity contribution in [2.24, 2.45) is 45.8 Å². The van der Waals surface area contributed by atoms with Crippen LogP contribution in [0.3, 0.4) is 0 Å². The van der Waals surface area contributed by atoms with Gasteiger partial charge in [0.1, 0.15) is 0 Å². The molecular formula is C71H127N5O7. The van der Waals surface area contributed by atoms with Crippen LogP contribution in [0.15, 0.2) is 48.5 Å². The number of hydrogen-bond donors (Lipinski definition) is 3. The number of carbonyl (C=O) groups excluding carboxylic acids is 6. The zero-order valence-corrected chi connectivity index (χ0v) is 58.4. The van der Waals surface area contributed by atoms with Crippen molar-refractivity contribution in [3.63, 3.8) is 0 Å². The highest BCUT2D eigenvalue weighted by molar-refractivity contribution is 5.95. The molecule has 83 heavy (non-hydrogen) atoms. The molecule has 0 unspecified atom stereocenters. The van der Waals surface area contributed by atoms with E-state index in [1.165, 1.54) is 24.0 Å². The molecule has 2 fully saturated rings. The van der Waals surface area contributed by atoms with Crippen molar-refractivity contribution in [3.05, 3.63) is 70.8 Å². The van der Waals surface area contributed by atoms with Gasteiger partial charge in [-0.2, -0.15) is 0 Å². The molecule has 2 aliphatic heterocycles. The van der Waals surface area contributed by atoms with Crippen molar-refractivity contribution in [3.8, 4) is 0 Å². The molecule has 2 saturated heterocycles. The second kappa shape index (κ2) is 38.3. The van der Waals surface area contributed by atoms with Crippen molar-refractivity contribution in [2.75, 3.05) is 26.2 Å². The third-order valence-electron chi connectivity index (χ3n) is 13.6. The van der Waals surface area contributed by atoms with Gasteiger partial charge in [0.25, 0.3) is 11.8 Å². The van der Waals surface area contributed by atoms with Gasteiger partial charge in [-0.25, -0.2) is 0 Å². The molecule has 2 aliphatic rings. The molecule has 0 aliphatic carbocycles. The van der Waals surface area contributed by atoms with Crippen LogP contribution in [-0.2, 0) is 23.9 Å². The van der Waals surface area contributed by atoms with Crippen LogP contribution in [0.25, 0.3) is 0 Å². The van der Waals surface area contributed by atoms with Crippen molar-refractivity contribution in [1.82, 2.24) is 25.8 Å². The Morgan fingerprint density at radius 1 is 0.482 bits per heavy atom. The second-order valence-electron chi connectivity index (χ2n) is 30.4. The molecule has 5 amide bonds. The maximum absolute atomic E-state index is 12.5. The minimum atomic E-state index is -0.104. The number of rotatable bonds is 13. The summed E-state index contributed by atoms with van der Waals surface area (Å²) in [5.41, 5.74) is 4.26. The van der Waals surface area contributed by atoms with Gasteiger partial charge >= 0.3 is 5.97 Å². The molecule has 0 spiro atoms. The Bertz CT molecular complexity index is 2110.